The molecule has 148 valence electrons. The fraction of sp³-hybridized carbons (Fsp3) is 1.00. The highest BCUT2D eigenvalue weighted by molar-refractivity contribution is 4.78. The molecule has 0 aromatic rings. The SMILES string of the molecule is CC.CC(C)C.CCC(CCCC(CC)C(C)C)CC1CC(C)C1. The molecule has 2 atom stereocenters. The third-order valence-corrected chi connectivity index (χ3v) is 5.37. The topological polar surface area (TPSA) is 0 Å². The van der Waals surface area contributed by atoms with Crippen molar-refractivity contribution in [1.29, 1.82) is 0 Å². The summed E-state index contributed by atoms with van der Waals surface area (Å²) < 4.78 is 0. The molecule has 0 aliphatic heterocycles. The Hall–Kier alpha value is 0. The van der Waals surface area contributed by atoms with Gasteiger partial charge in [0.2, 0.25) is 0 Å². The summed E-state index contributed by atoms with van der Waals surface area (Å²) in [5.41, 5.74) is 0. The zero-order valence-electron chi connectivity index (χ0n) is 19.1. The minimum Gasteiger partial charge on any atom is -0.0683 e. The van der Waals surface area contributed by atoms with Crippen molar-refractivity contribution in [2.75, 3.05) is 0 Å². The van der Waals surface area contributed by atoms with Crippen LogP contribution in [-0.4, -0.2) is 0 Å². The monoisotopic (exact) mass is 340 g/mol. The molecule has 1 rings (SSSR count). The molecule has 1 aliphatic carbocycles. The summed E-state index contributed by atoms with van der Waals surface area (Å²) in [7, 11) is 0. The molecule has 0 heteroatoms. The lowest BCUT2D eigenvalue weighted by molar-refractivity contribution is 0.165. The Morgan fingerprint density at radius 3 is 1.67 bits per heavy atom. The van der Waals surface area contributed by atoms with Gasteiger partial charge < -0.3 is 0 Å². The van der Waals surface area contributed by atoms with Crippen molar-refractivity contribution < 1.29 is 0 Å². The predicted octanol–water partition coefficient (Wildman–Crippen LogP) is 8.99. The van der Waals surface area contributed by atoms with Gasteiger partial charge >= 0.3 is 0 Å². The lowest BCUT2D eigenvalue weighted by Gasteiger charge is -2.35. The number of hydrogen-bond donors (Lipinski definition) is 0. The van der Waals surface area contributed by atoms with E-state index in [0.717, 1.165) is 35.5 Å². The molecule has 2 unspecified atom stereocenters. The fourth-order valence-electron chi connectivity index (χ4n) is 3.90. The van der Waals surface area contributed by atoms with Crippen molar-refractivity contribution in [3.63, 3.8) is 0 Å². The maximum Gasteiger partial charge on any atom is -0.0394 e. The van der Waals surface area contributed by atoms with Crippen LogP contribution in [0.2, 0.25) is 0 Å². The van der Waals surface area contributed by atoms with Crippen LogP contribution in [0.3, 0.4) is 0 Å². The standard InChI is InChI=1S/C18H36.C4H10.C2H6/c1-6-16(13-17-11-15(5)12-17)9-8-10-18(7-2)14(3)4;1-4(2)3;1-2/h14-18H,6-13H2,1-5H3;4H,1-3H3;1-2H3. The lowest BCUT2D eigenvalue weighted by Crippen LogP contribution is -2.23. The van der Waals surface area contributed by atoms with Gasteiger partial charge in [0.15, 0.2) is 0 Å². The molecule has 0 aromatic carbocycles. The molecule has 1 fully saturated rings. The van der Waals surface area contributed by atoms with E-state index >= 15 is 0 Å². The molecular formula is C24H52. The van der Waals surface area contributed by atoms with Gasteiger partial charge in [0.1, 0.15) is 0 Å². The van der Waals surface area contributed by atoms with Crippen molar-refractivity contribution in [2.45, 2.75) is 121 Å². The third-order valence-electron chi connectivity index (χ3n) is 5.37. The predicted molar refractivity (Wildman–Crippen MR) is 115 cm³/mol. The zero-order valence-corrected chi connectivity index (χ0v) is 19.1. The summed E-state index contributed by atoms with van der Waals surface area (Å²) in [5.74, 6) is 5.80. The molecule has 0 bridgehead atoms. The van der Waals surface area contributed by atoms with Crippen LogP contribution in [0.15, 0.2) is 0 Å². The third kappa shape index (κ3) is 14.4. The van der Waals surface area contributed by atoms with E-state index in [-0.39, 0.29) is 0 Å². The maximum absolute atomic E-state index is 2.41. The van der Waals surface area contributed by atoms with Crippen LogP contribution < -0.4 is 0 Å². The molecule has 1 saturated carbocycles. The Labute approximate surface area is 156 Å². The second-order valence-corrected chi connectivity index (χ2v) is 9.03. The van der Waals surface area contributed by atoms with Gasteiger partial charge in [-0.3, -0.25) is 0 Å². The molecule has 0 N–H and O–H groups in total. The largest absolute Gasteiger partial charge is 0.0683 e. The molecule has 0 heterocycles. The summed E-state index contributed by atoms with van der Waals surface area (Å²) in [4.78, 5) is 0. The summed E-state index contributed by atoms with van der Waals surface area (Å²) >= 11 is 0. The first-order valence-electron chi connectivity index (χ1n) is 11.3. The quantitative estimate of drug-likeness (QED) is 0.393. The zero-order chi connectivity index (χ0) is 19.1. The van der Waals surface area contributed by atoms with E-state index in [1.807, 2.05) is 13.8 Å². The van der Waals surface area contributed by atoms with Gasteiger partial charge in [0.25, 0.3) is 0 Å². The summed E-state index contributed by atoms with van der Waals surface area (Å²) in [6, 6.07) is 0. The van der Waals surface area contributed by atoms with Crippen LogP contribution >= 0.6 is 0 Å². The lowest BCUT2D eigenvalue weighted by atomic mass is 9.71. The highest BCUT2D eigenvalue weighted by Crippen LogP contribution is 2.39. The summed E-state index contributed by atoms with van der Waals surface area (Å²) in [5, 5.41) is 0. The summed E-state index contributed by atoms with van der Waals surface area (Å²) in [6.45, 7) is 22.4. The number of hydrogen-bond acceptors (Lipinski definition) is 0. The average molecular weight is 341 g/mol. The highest BCUT2D eigenvalue weighted by atomic mass is 14.3. The molecule has 0 aromatic heterocycles. The van der Waals surface area contributed by atoms with Crippen LogP contribution in [0.4, 0.5) is 0 Å². The van der Waals surface area contributed by atoms with E-state index in [1.165, 1.54) is 51.4 Å². The van der Waals surface area contributed by atoms with Crippen LogP contribution in [-0.2, 0) is 0 Å². The molecule has 24 heavy (non-hydrogen) atoms. The minimum atomic E-state index is 0.833. The Morgan fingerprint density at radius 2 is 1.33 bits per heavy atom. The Balaban J connectivity index is 0. The van der Waals surface area contributed by atoms with Gasteiger partial charge in [-0.25, -0.2) is 0 Å². The van der Waals surface area contributed by atoms with Crippen LogP contribution in [0.25, 0.3) is 0 Å². The van der Waals surface area contributed by atoms with Gasteiger partial charge in [-0.1, -0.05) is 101 Å². The van der Waals surface area contributed by atoms with E-state index in [2.05, 4.69) is 55.4 Å². The van der Waals surface area contributed by atoms with Gasteiger partial charge in [0, 0.05) is 0 Å². The van der Waals surface area contributed by atoms with Crippen LogP contribution in [0, 0.1) is 35.5 Å². The van der Waals surface area contributed by atoms with Crippen molar-refractivity contribution in [1.82, 2.24) is 0 Å². The molecular weight excluding hydrogens is 288 g/mol. The van der Waals surface area contributed by atoms with E-state index < -0.39 is 0 Å². The highest BCUT2D eigenvalue weighted by Gasteiger charge is 2.27. The van der Waals surface area contributed by atoms with Gasteiger partial charge in [-0.2, -0.15) is 0 Å². The van der Waals surface area contributed by atoms with Gasteiger partial charge in [-0.05, 0) is 54.8 Å². The Kier molecular flexibility index (Phi) is 18.0. The first kappa shape index (κ1) is 26.2. The second kappa shape index (κ2) is 16.5. The van der Waals surface area contributed by atoms with Crippen molar-refractivity contribution in [3.8, 4) is 0 Å². The smallest absolute Gasteiger partial charge is 0.0394 e. The molecule has 0 nitrogen and oxygen atoms in total. The Morgan fingerprint density at radius 1 is 0.833 bits per heavy atom. The van der Waals surface area contributed by atoms with E-state index in [0.29, 0.717) is 0 Å². The van der Waals surface area contributed by atoms with E-state index in [4.69, 9.17) is 0 Å². The fourth-order valence-corrected chi connectivity index (χ4v) is 3.90. The van der Waals surface area contributed by atoms with E-state index in [9.17, 15) is 0 Å². The van der Waals surface area contributed by atoms with Gasteiger partial charge in [0.05, 0.1) is 0 Å². The van der Waals surface area contributed by atoms with Crippen LogP contribution in [0.5, 0.6) is 0 Å². The summed E-state index contributed by atoms with van der Waals surface area (Å²) in [6.07, 6.45) is 11.8. The molecule has 0 amide bonds. The second-order valence-electron chi connectivity index (χ2n) is 9.03. The molecule has 0 radical (unpaired) electrons. The molecule has 1 aliphatic rings. The minimum absolute atomic E-state index is 0.833. The van der Waals surface area contributed by atoms with Crippen molar-refractivity contribution >= 4 is 0 Å². The van der Waals surface area contributed by atoms with E-state index in [1.54, 1.807) is 0 Å². The van der Waals surface area contributed by atoms with Crippen molar-refractivity contribution in [3.05, 3.63) is 0 Å². The Bertz CT molecular complexity index is 232. The normalized spacial score (nSPS) is 22.0. The van der Waals surface area contributed by atoms with Crippen molar-refractivity contribution in [2.24, 2.45) is 35.5 Å². The first-order chi connectivity index (χ1) is 11.3. The maximum atomic E-state index is 2.41. The number of rotatable bonds is 9. The van der Waals surface area contributed by atoms with Gasteiger partial charge in [-0.15, -0.1) is 0 Å². The van der Waals surface area contributed by atoms with Crippen LogP contribution in [0.1, 0.15) is 121 Å². The molecule has 0 saturated heterocycles. The molecule has 0 spiro atoms. The first-order valence-corrected chi connectivity index (χ1v) is 11.3. The average Bonchev–Trinajstić information content (AvgIpc) is 2.49.